The first-order valence-corrected chi connectivity index (χ1v) is 7.74. The molecule has 1 N–H and O–H groups in total. The van der Waals surface area contributed by atoms with E-state index in [2.05, 4.69) is 59.7 Å². The molecule has 0 bridgehead atoms. The maximum absolute atomic E-state index is 3.35. The molecule has 2 aromatic carbocycles. The lowest BCUT2D eigenvalue weighted by Gasteiger charge is -2.36. The first-order valence-electron chi connectivity index (χ1n) is 7.74. The standard InChI is InChI=1S/C18H24N2/c1-19-13-17-10-4-5-12-20(17)14-16-9-6-8-15-7-2-3-11-18(15)16/h2-3,6-9,11,17,19H,4-5,10,12-14H2,1H3. The average molecular weight is 268 g/mol. The monoisotopic (exact) mass is 268 g/mol. The van der Waals surface area contributed by atoms with Gasteiger partial charge in [-0.15, -0.1) is 0 Å². The molecule has 0 aromatic heterocycles. The molecule has 20 heavy (non-hydrogen) atoms. The number of fused-ring (bicyclic) bond motifs is 1. The van der Waals surface area contributed by atoms with Crippen molar-refractivity contribution in [2.45, 2.75) is 31.8 Å². The van der Waals surface area contributed by atoms with Crippen LogP contribution in [-0.2, 0) is 6.54 Å². The molecule has 0 saturated carbocycles. The molecule has 1 unspecified atom stereocenters. The van der Waals surface area contributed by atoms with E-state index in [1.54, 1.807) is 0 Å². The first kappa shape index (κ1) is 13.6. The highest BCUT2D eigenvalue weighted by atomic mass is 15.2. The number of likely N-dealkylation sites (N-methyl/N-ethyl adjacent to an activating group) is 1. The van der Waals surface area contributed by atoms with E-state index in [0.29, 0.717) is 6.04 Å². The van der Waals surface area contributed by atoms with Gasteiger partial charge >= 0.3 is 0 Å². The third kappa shape index (κ3) is 2.87. The minimum absolute atomic E-state index is 0.688. The molecular formula is C18H24N2. The van der Waals surface area contributed by atoms with Crippen LogP contribution < -0.4 is 5.32 Å². The Morgan fingerprint density at radius 2 is 1.95 bits per heavy atom. The van der Waals surface area contributed by atoms with Gasteiger partial charge in [0.05, 0.1) is 0 Å². The van der Waals surface area contributed by atoms with Crippen molar-refractivity contribution in [2.75, 3.05) is 20.1 Å². The van der Waals surface area contributed by atoms with E-state index in [9.17, 15) is 0 Å². The molecule has 1 fully saturated rings. The number of likely N-dealkylation sites (tertiary alicyclic amines) is 1. The summed E-state index contributed by atoms with van der Waals surface area (Å²) in [5.41, 5.74) is 1.46. The number of hydrogen-bond acceptors (Lipinski definition) is 2. The number of piperidine rings is 1. The second-order valence-electron chi connectivity index (χ2n) is 5.82. The third-order valence-electron chi connectivity index (χ3n) is 4.44. The molecular weight excluding hydrogens is 244 g/mol. The van der Waals surface area contributed by atoms with E-state index in [0.717, 1.165) is 13.1 Å². The van der Waals surface area contributed by atoms with Gasteiger partial charge in [0.2, 0.25) is 0 Å². The highest BCUT2D eigenvalue weighted by molar-refractivity contribution is 5.85. The van der Waals surface area contributed by atoms with Gasteiger partial charge in [-0.05, 0) is 42.8 Å². The zero-order chi connectivity index (χ0) is 13.8. The van der Waals surface area contributed by atoms with Gasteiger partial charge in [-0.25, -0.2) is 0 Å². The molecule has 1 saturated heterocycles. The van der Waals surface area contributed by atoms with Crippen LogP contribution in [0, 0.1) is 0 Å². The Kier molecular flexibility index (Phi) is 4.34. The molecule has 0 aliphatic carbocycles. The van der Waals surface area contributed by atoms with Gasteiger partial charge in [0.25, 0.3) is 0 Å². The lowest BCUT2D eigenvalue weighted by molar-refractivity contribution is 0.140. The van der Waals surface area contributed by atoms with E-state index in [1.807, 2.05) is 0 Å². The second kappa shape index (κ2) is 6.38. The zero-order valence-electron chi connectivity index (χ0n) is 12.3. The lowest BCUT2D eigenvalue weighted by atomic mass is 9.99. The maximum atomic E-state index is 3.35. The second-order valence-corrected chi connectivity index (χ2v) is 5.82. The van der Waals surface area contributed by atoms with E-state index in [4.69, 9.17) is 0 Å². The summed E-state index contributed by atoms with van der Waals surface area (Å²) in [6.07, 6.45) is 4.04. The van der Waals surface area contributed by atoms with Crippen molar-refractivity contribution >= 4 is 10.8 Å². The normalized spacial score (nSPS) is 20.4. The summed E-state index contributed by atoms with van der Waals surface area (Å²) in [6.45, 7) is 3.41. The van der Waals surface area contributed by atoms with Gasteiger partial charge in [-0.1, -0.05) is 48.9 Å². The molecule has 106 valence electrons. The molecule has 2 heteroatoms. The van der Waals surface area contributed by atoms with Crippen molar-refractivity contribution in [2.24, 2.45) is 0 Å². The summed E-state index contributed by atoms with van der Waals surface area (Å²) in [4.78, 5) is 2.65. The quantitative estimate of drug-likeness (QED) is 0.914. The van der Waals surface area contributed by atoms with Gasteiger partial charge in [0, 0.05) is 19.1 Å². The molecule has 3 rings (SSSR count). The summed E-state index contributed by atoms with van der Waals surface area (Å²) < 4.78 is 0. The van der Waals surface area contributed by atoms with Gasteiger partial charge in [-0.3, -0.25) is 4.90 Å². The van der Waals surface area contributed by atoms with Crippen LogP contribution in [0.4, 0.5) is 0 Å². The highest BCUT2D eigenvalue weighted by Gasteiger charge is 2.22. The molecule has 1 heterocycles. The fourth-order valence-corrected chi connectivity index (χ4v) is 3.38. The molecule has 0 radical (unpaired) electrons. The molecule has 0 amide bonds. The Balaban J connectivity index is 1.84. The third-order valence-corrected chi connectivity index (χ3v) is 4.44. The van der Waals surface area contributed by atoms with Crippen LogP contribution in [0.5, 0.6) is 0 Å². The smallest absolute Gasteiger partial charge is 0.0243 e. The van der Waals surface area contributed by atoms with Crippen molar-refractivity contribution in [3.8, 4) is 0 Å². The minimum atomic E-state index is 0.688. The fourth-order valence-electron chi connectivity index (χ4n) is 3.38. The van der Waals surface area contributed by atoms with Crippen molar-refractivity contribution in [1.82, 2.24) is 10.2 Å². The van der Waals surface area contributed by atoms with Gasteiger partial charge < -0.3 is 5.32 Å². The van der Waals surface area contributed by atoms with Crippen LogP contribution in [0.2, 0.25) is 0 Å². The molecule has 0 spiro atoms. The Bertz CT molecular complexity index is 557. The lowest BCUT2D eigenvalue weighted by Crippen LogP contribution is -2.44. The molecule has 1 aliphatic rings. The van der Waals surface area contributed by atoms with Crippen molar-refractivity contribution in [1.29, 1.82) is 0 Å². The summed E-state index contributed by atoms with van der Waals surface area (Å²) in [7, 11) is 2.06. The summed E-state index contributed by atoms with van der Waals surface area (Å²) >= 11 is 0. The van der Waals surface area contributed by atoms with Crippen LogP contribution in [0.25, 0.3) is 10.8 Å². The van der Waals surface area contributed by atoms with E-state index in [1.165, 1.54) is 42.1 Å². The van der Waals surface area contributed by atoms with Crippen LogP contribution in [-0.4, -0.2) is 31.1 Å². The van der Waals surface area contributed by atoms with Gasteiger partial charge in [0.1, 0.15) is 0 Å². The Hall–Kier alpha value is -1.38. The van der Waals surface area contributed by atoms with E-state index < -0.39 is 0 Å². The van der Waals surface area contributed by atoms with Crippen molar-refractivity contribution in [3.05, 3.63) is 48.0 Å². The van der Waals surface area contributed by atoms with Crippen LogP contribution in [0.1, 0.15) is 24.8 Å². The number of hydrogen-bond donors (Lipinski definition) is 1. The predicted molar refractivity (Wildman–Crippen MR) is 85.9 cm³/mol. The van der Waals surface area contributed by atoms with Crippen LogP contribution >= 0.6 is 0 Å². The van der Waals surface area contributed by atoms with Crippen LogP contribution in [0.3, 0.4) is 0 Å². The average Bonchev–Trinajstić information content (AvgIpc) is 2.50. The Morgan fingerprint density at radius 3 is 2.85 bits per heavy atom. The summed E-state index contributed by atoms with van der Waals surface area (Å²) in [6, 6.07) is 16.1. The van der Waals surface area contributed by atoms with Gasteiger partial charge in [0.15, 0.2) is 0 Å². The summed E-state index contributed by atoms with van der Waals surface area (Å²) in [5, 5.41) is 6.11. The largest absolute Gasteiger partial charge is 0.318 e. The minimum Gasteiger partial charge on any atom is -0.318 e. The number of nitrogens with one attached hydrogen (secondary N) is 1. The van der Waals surface area contributed by atoms with Crippen molar-refractivity contribution in [3.63, 3.8) is 0 Å². The number of rotatable bonds is 4. The Labute approximate surface area is 121 Å². The van der Waals surface area contributed by atoms with Gasteiger partial charge in [-0.2, -0.15) is 0 Å². The first-order chi connectivity index (χ1) is 9.88. The number of nitrogens with zero attached hydrogens (tertiary/aromatic N) is 1. The van der Waals surface area contributed by atoms with Crippen LogP contribution in [0.15, 0.2) is 42.5 Å². The zero-order valence-corrected chi connectivity index (χ0v) is 12.3. The number of benzene rings is 2. The topological polar surface area (TPSA) is 15.3 Å². The molecule has 2 aromatic rings. The van der Waals surface area contributed by atoms with Crippen molar-refractivity contribution < 1.29 is 0 Å². The summed E-state index contributed by atoms with van der Waals surface area (Å²) in [5.74, 6) is 0. The maximum Gasteiger partial charge on any atom is 0.0243 e. The molecule has 1 aliphatic heterocycles. The predicted octanol–water partition coefficient (Wildman–Crippen LogP) is 3.41. The SMILES string of the molecule is CNCC1CCCCN1Cc1cccc2ccccc12. The Morgan fingerprint density at radius 1 is 1.10 bits per heavy atom. The fraction of sp³-hybridized carbons (Fsp3) is 0.444. The van der Waals surface area contributed by atoms with E-state index in [-0.39, 0.29) is 0 Å². The molecule has 2 nitrogen and oxygen atoms in total. The van der Waals surface area contributed by atoms with E-state index >= 15 is 0 Å². The highest BCUT2D eigenvalue weighted by Crippen LogP contribution is 2.24. The molecule has 1 atom stereocenters.